The van der Waals surface area contributed by atoms with Crippen molar-refractivity contribution in [2.75, 3.05) is 53.5 Å². The van der Waals surface area contributed by atoms with Crippen LogP contribution in [0.5, 0.6) is 0 Å². The zero-order chi connectivity index (χ0) is 26.0. The Morgan fingerprint density at radius 1 is 1.08 bits per heavy atom. The number of benzene rings is 2. The van der Waals surface area contributed by atoms with Gasteiger partial charge in [-0.05, 0) is 42.0 Å². The lowest BCUT2D eigenvalue weighted by Crippen LogP contribution is -2.42. The first-order valence-electron chi connectivity index (χ1n) is 11.5. The van der Waals surface area contributed by atoms with Crippen molar-refractivity contribution < 1.29 is 27.9 Å². The zero-order valence-electron chi connectivity index (χ0n) is 20.1. The van der Waals surface area contributed by atoms with Gasteiger partial charge in [0, 0.05) is 50.9 Å². The number of carbonyl (C=O) groups excluding carboxylic acids is 2. The zero-order valence-corrected chi connectivity index (χ0v) is 21.6. The van der Waals surface area contributed by atoms with Crippen LogP contribution in [-0.2, 0) is 24.3 Å². The molecule has 2 aromatic carbocycles. The van der Waals surface area contributed by atoms with Crippen molar-refractivity contribution in [2.45, 2.75) is 10.9 Å². The minimum Gasteiger partial charge on any atom is -0.507 e. The van der Waals surface area contributed by atoms with Gasteiger partial charge in [-0.15, -0.1) is 0 Å². The number of ketones is 1. The molecule has 2 saturated heterocycles. The second kappa shape index (κ2) is 10.7. The molecule has 0 spiro atoms. The van der Waals surface area contributed by atoms with Crippen LogP contribution in [0.3, 0.4) is 0 Å². The van der Waals surface area contributed by atoms with E-state index < -0.39 is 27.8 Å². The van der Waals surface area contributed by atoms with Gasteiger partial charge in [-0.1, -0.05) is 23.7 Å². The van der Waals surface area contributed by atoms with Crippen molar-refractivity contribution in [3.63, 3.8) is 0 Å². The first-order valence-corrected chi connectivity index (χ1v) is 13.3. The van der Waals surface area contributed by atoms with Gasteiger partial charge in [-0.25, -0.2) is 12.7 Å². The number of sulfonamides is 1. The monoisotopic (exact) mass is 533 g/mol. The second-order valence-corrected chi connectivity index (χ2v) is 11.4. The number of rotatable bonds is 7. The molecule has 2 aromatic rings. The van der Waals surface area contributed by atoms with Crippen LogP contribution in [0.15, 0.2) is 59.0 Å². The molecule has 0 aromatic heterocycles. The molecular weight excluding hydrogens is 506 g/mol. The number of aliphatic hydroxyl groups is 1. The summed E-state index contributed by atoms with van der Waals surface area (Å²) >= 11 is 6.22. The van der Waals surface area contributed by atoms with Gasteiger partial charge >= 0.3 is 0 Å². The van der Waals surface area contributed by atoms with Crippen LogP contribution in [0.4, 0.5) is 0 Å². The van der Waals surface area contributed by atoms with E-state index in [2.05, 4.69) is 4.90 Å². The number of ether oxygens (including phenoxy) is 1. The van der Waals surface area contributed by atoms with Gasteiger partial charge in [-0.2, -0.15) is 0 Å². The molecule has 0 aliphatic carbocycles. The molecule has 4 rings (SSSR count). The minimum absolute atomic E-state index is 0.0430. The molecule has 11 heteroatoms. The van der Waals surface area contributed by atoms with Gasteiger partial charge in [0.1, 0.15) is 5.76 Å². The molecule has 2 aliphatic heterocycles. The van der Waals surface area contributed by atoms with E-state index in [0.29, 0.717) is 30.3 Å². The third-order valence-electron chi connectivity index (χ3n) is 6.37. The number of carbonyl (C=O) groups is 2. The third kappa shape index (κ3) is 5.18. The Morgan fingerprint density at radius 2 is 1.75 bits per heavy atom. The van der Waals surface area contributed by atoms with Gasteiger partial charge in [-0.3, -0.25) is 14.5 Å². The Morgan fingerprint density at radius 3 is 2.36 bits per heavy atom. The van der Waals surface area contributed by atoms with Crippen LogP contribution in [-0.4, -0.2) is 92.8 Å². The van der Waals surface area contributed by atoms with E-state index in [4.69, 9.17) is 16.3 Å². The summed E-state index contributed by atoms with van der Waals surface area (Å²) in [6.45, 7) is 3.50. The summed E-state index contributed by atoms with van der Waals surface area (Å²) in [5, 5.41) is 11.6. The van der Waals surface area contributed by atoms with Gasteiger partial charge in [0.05, 0.1) is 29.7 Å². The smallest absolute Gasteiger partial charge is 0.295 e. The van der Waals surface area contributed by atoms with Crippen molar-refractivity contribution >= 4 is 39.1 Å². The Bertz CT molecular complexity index is 1290. The highest BCUT2D eigenvalue weighted by atomic mass is 35.5. The summed E-state index contributed by atoms with van der Waals surface area (Å²) < 4.78 is 31.3. The number of hydrogen-bond donors (Lipinski definition) is 1. The molecule has 0 saturated carbocycles. The summed E-state index contributed by atoms with van der Waals surface area (Å²) in [7, 11) is -0.819. The van der Waals surface area contributed by atoms with Crippen LogP contribution in [0.2, 0.25) is 5.02 Å². The molecule has 1 atom stereocenters. The molecule has 9 nitrogen and oxygen atoms in total. The Balaban J connectivity index is 1.73. The summed E-state index contributed by atoms with van der Waals surface area (Å²) in [6, 6.07) is 11.5. The standard InChI is InChI=1S/C25H28ClN3O6S/c1-27(2)36(33,34)20-8-6-17(7-9-20)23(30)21-22(18-4-3-5-19(26)16-18)29(25(32)24(21)31)11-10-28-12-14-35-15-13-28/h3-9,16,22,30H,10-15H2,1-2H3/b23-21+/t22-/m1/s1. The topological polar surface area (TPSA) is 107 Å². The van der Waals surface area contributed by atoms with E-state index in [0.717, 1.165) is 17.4 Å². The number of nitrogens with zero attached hydrogens (tertiary/aromatic N) is 3. The number of likely N-dealkylation sites (tertiary alicyclic amines) is 1. The SMILES string of the molecule is CN(C)S(=O)(=O)c1ccc(/C(O)=C2\C(=O)C(=O)N(CCN3CCOCC3)[C@@H]2c2cccc(Cl)c2)cc1. The number of Topliss-reactive ketones (excluding diaryl/α,β-unsaturated/α-hetero) is 1. The second-order valence-electron chi connectivity index (χ2n) is 8.81. The van der Waals surface area contributed by atoms with Crippen LogP contribution < -0.4 is 0 Å². The van der Waals surface area contributed by atoms with E-state index >= 15 is 0 Å². The molecular formula is C25H28ClN3O6S. The molecule has 0 unspecified atom stereocenters. The fraction of sp³-hybridized carbons (Fsp3) is 0.360. The van der Waals surface area contributed by atoms with E-state index in [1.807, 2.05) is 0 Å². The first-order chi connectivity index (χ1) is 17.1. The average molecular weight is 534 g/mol. The lowest BCUT2D eigenvalue weighted by Gasteiger charge is -2.31. The van der Waals surface area contributed by atoms with E-state index in [1.54, 1.807) is 24.3 Å². The predicted molar refractivity (Wildman–Crippen MR) is 135 cm³/mol. The van der Waals surface area contributed by atoms with E-state index in [-0.39, 0.29) is 28.3 Å². The molecule has 0 bridgehead atoms. The molecule has 192 valence electrons. The van der Waals surface area contributed by atoms with Crippen LogP contribution >= 0.6 is 11.6 Å². The molecule has 2 heterocycles. The molecule has 1 N–H and O–H groups in total. The maximum absolute atomic E-state index is 13.2. The van der Waals surface area contributed by atoms with Crippen LogP contribution in [0.25, 0.3) is 5.76 Å². The molecule has 36 heavy (non-hydrogen) atoms. The maximum atomic E-state index is 13.2. The number of halogens is 1. The third-order valence-corrected chi connectivity index (χ3v) is 8.44. The van der Waals surface area contributed by atoms with E-state index in [9.17, 15) is 23.1 Å². The quantitative estimate of drug-likeness (QED) is 0.331. The highest BCUT2D eigenvalue weighted by Gasteiger charge is 2.46. The summed E-state index contributed by atoms with van der Waals surface area (Å²) in [6.07, 6.45) is 0. The summed E-state index contributed by atoms with van der Waals surface area (Å²) in [4.78, 5) is 30.0. The molecule has 1 amide bonds. The van der Waals surface area contributed by atoms with Gasteiger partial charge in [0.25, 0.3) is 11.7 Å². The van der Waals surface area contributed by atoms with Crippen molar-refractivity contribution in [1.29, 1.82) is 0 Å². The van der Waals surface area contributed by atoms with Crippen molar-refractivity contribution in [2.24, 2.45) is 0 Å². The number of amides is 1. The highest BCUT2D eigenvalue weighted by Crippen LogP contribution is 2.40. The van der Waals surface area contributed by atoms with Gasteiger partial charge in [0.2, 0.25) is 10.0 Å². The largest absolute Gasteiger partial charge is 0.507 e. The maximum Gasteiger partial charge on any atom is 0.295 e. The summed E-state index contributed by atoms with van der Waals surface area (Å²) in [5.41, 5.74) is 0.760. The fourth-order valence-electron chi connectivity index (χ4n) is 4.36. The average Bonchev–Trinajstić information content (AvgIpc) is 3.12. The molecule has 0 radical (unpaired) electrons. The van der Waals surface area contributed by atoms with Crippen molar-refractivity contribution in [1.82, 2.24) is 14.1 Å². The Hall–Kier alpha value is -2.76. The minimum atomic E-state index is -3.67. The Kier molecular flexibility index (Phi) is 7.82. The van der Waals surface area contributed by atoms with Crippen LogP contribution in [0.1, 0.15) is 17.2 Å². The highest BCUT2D eigenvalue weighted by molar-refractivity contribution is 7.89. The summed E-state index contributed by atoms with van der Waals surface area (Å²) in [5.74, 6) is -1.88. The van der Waals surface area contributed by atoms with Crippen molar-refractivity contribution in [3.05, 3.63) is 70.3 Å². The number of hydrogen-bond acceptors (Lipinski definition) is 7. The van der Waals surface area contributed by atoms with Gasteiger partial charge < -0.3 is 14.7 Å². The first kappa shape index (κ1) is 26.3. The van der Waals surface area contributed by atoms with E-state index in [1.165, 1.54) is 43.3 Å². The molecule has 2 aliphatic rings. The predicted octanol–water partition coefficient (Wildman–Crippen LogP) is 2.34. The lowest BCUT2D eigenvalue weighted by molar-refractivity contribution is -0.140. The lowest BCUT2D eigenvalue weighted by atomic mass is 9.95. The Labute approximate surface area is 215 Å². The van der Waals surface area contributed by atoms with Gasteiger partial charge in [0.15, 0.2) is 0 Å². The number of aliphatic hydroxyl groups excluding tert-OH is 1. The normalized spacial score (nSPS) is 20.9. The number of morpholine rings is 1. The molecule has 2 fully saturated rings. The van der Waals surface area contributed by atoms with Crippen LogP contribution in [0, 0.1) is 0 Å². The fourth-order valence-corrected chi connectivity index (χ4v) is 5.46. The van der Waals surface area contributed by atoms with Crippen molar-refractivity contribution in [3.8, 4) is 0 Å².